The zero-order chi connectivity index (χ0) is 21.9. The highest BCUT2D eigenvalue weighted by Crippen LogP contribution is 2.25. The lowest BCUT2D eigenvalue weighted by molar-refractivity contribution is 0.0940. The van der Waals surface area contributed by atoms with Crippen molar-refractivity contribution in [1.82, 2.24) is 5.32 Å². The van der Waals surface area contributed by atoms with Crippen LogP contribution in [0.2, 0.25) is 0 Å². The molecule has 1 heterocycles. The van der Waals surface area contributed by atoms with Gasteiger partial charge in [-0.15, -0.1) is 0 Å². The lowest BCUT2D eigenvalue weighted by atomic mass is 9.98. The SMILES string of the molecule is Cc1cc(C(=O)NC(C)c2ccc(N3CCC(C)CC3)cc2)ccc1NS(C)(=O)=O. The number of aryl methyl sites for hydroxylation is 1. The van der Waals surface area contributed by atoms with E-state index in [-0.39, 0.29) is 11.9 Å². The van der Waals surface area contributed by atoms with Crippen LogP contribution in [0.15, 0.2) is 42.5 Å². The van der Waals surface area contributed by atoms with Crippen molar-refractivity contribution < 1.29 is 13.2 Å². The number of nitrogens with one attached hydrogen (secondary N) is 2. The first-order valence-electron chi connectivity index (χ1n) is 10.4. The molecule has 3 rings (SSSR count). The minimum Gasteiger partial charge on any atom is -0.372 e. The van der Waals surface area contributed by atoms with E-state index in [9.17, 15) is 13.2 Å². The molecule has 162 valence electrons. The molecule has 1 saturated heterocycles. The highest BCUT2D eigenvalue weighted by atomic mass is 32.2. The average Bonchev–Trinajstić information content (AvgIpc) is 2.69. The highest BCUT2D eigenvalue weighted by Gasteiger charge is 2.17. The van der Waals surface area contributed by atoms with E-state index in [2.05, 4.69) is 46.1 Å². The van der Waals surface area contributed by atoms with Crippen molar-refractivity contribution in [1.29, 1.82) is 0 Å². The van der Waals surface area contributed by atoms with Crippen molar-refractivity contribution in [2.45, 2.75) is 39.7 Å². The van der Waals surface area contributed by atoms with E-state index in [0.717, 1.165) is 30.8 Å². The van der Waals surface area contributed by atoms with Crippen LogP contribution in [0.4, 0.5) is 11.4 Å². The molecule has 7 heteroatoms. The third-order valence-corrected chi connectivity index (χ3v) is 6.26. The van der Waals surface area contributed by atoms with Gasteiger partial charge in [0.05, 0.1) is 18.0 Å². The monoisotopic (exact) mass is 429 g/mol. The summed E-state index contributed by atoms with van der Waals surface area (Å²) in [5.41, 5.74) is 3.95. The van der Waals surface area contributed by atoms with Crippen molar-refractivity contribution in [3.05, 3.63) is 59.2 Å². The van der Waals surface area contributed by atoms with Crippen LogP contribution in [0.25, 0.3) is 0 Å². The molecule has 30 heavy (non-hydrogen) atoms. The molecule has 1 aliphatic rings. The molecular weight excluding hydrogens is 398 g/mol. The minimum atomic E-state index is -3.36. The molecule has 0 aromatic heterocycles. The Morgan fingerprint density at radius 3 is 2.30 bits per heavy atom. The number of anilines is 2. The van der Waals surface area contributed by atoms with Crippen molar-refractivity contribution in [3.8, 4) is 0 Å². The van der Waals surface area contributed by atoms with Gasteiger partial charge in [0.25, 0.3) is 5.91 Å². The molecule has 0 saturated carbocycles. The van der Waals surface area contributed by atoms with Crippen LogP contribution >= 0.6 is 0 Å². The number of benzene rings is 2. The Hall–Kier alpha value is -2.54. The summed E-state index contributed by atoms with van der Waals surface area (Å²) in [4.78, 5) is 15.1. The number of rotatable bonds is 6. The van der Waals surface area contributed by atoms with Gasteiger partial charge in [-0.05, 0) is 74.1 Å². The van der Waals surface area contributed by atoms with Gasteiger partial charge in [0.2, 0.25) is 10.0 Å². The van der Waals surface area contributed by atoms with Gasteiger partial charge >= 0.3 is 0 Å². The number of sulfonamides is 1. The summed E-state index contributed by atoms with van der Waals surface area (Å²) in [6.45, 7) is 8.23. The average molecular weight is 430 g/mol. The fraction of sp³-hybridized carbons (Fsp3) is 0.435. The van der Waals surface area contributed by atoms with Crippen molar-refractivity contribution >= 4 is 27.3 Å². The number of nitrogens with zero attached hydrogens (tertiary/aromatic N) is 1. The van der Waals surface area contributed by atoms with Crippen molar-refractivity contribution in [2.24, 2.45) is 5.92 Å². The van der Waals surface area contributed by atoms with Crippen molar-refractivity contribution in [3.63, 3.8) is 0 Å². The van der Waals surface area contributed by atoms with E-state index in [1.54, 1.807) is 25.1 Å². The summed E-state index contributed by atoms with van der Waals surface area (Å²) in [6, 6.07) is 13.2. The number of carbonyl (C=O) groups excluding carboxylic acids is 1. The molecule has 2 aromatic rings. The molecule has 1 aliphatic heterocycles. The standard InChI is InChI=1S/C23H31N3O3S/c1-16-11-13-26(14-12-16)21-8-5-19(6-9-21)18(3)24-23(27)20-7-10-22(17(2)15-20)25-30(4,28)29/h5-10,15-16,18,25H,11-14H2,1-4H3,(H,24,27). The van der Waals surface area contributed by atoms with Gasteiger partial charge in [-0.1, -0.05) is 19.1 Å². The largest absolute Gasteiger partial charge is 0.372 e. The highest BCUT2D eigenvalue weighted by molar-refractivity contribution is 7.92. The summed E-state index contributed by atoms with van der Waals surface area (Å²) in [5, 5.41) is 3.02. The summed E-state index contributed by atoms with van der Waals surface area (Å²) < 4.78 is 25.3. The molecule has 1 amide bonds. The number of amides is 1. The quantitative estimate of drug-likeness (QED) is 0.725. The van der Waals surface area contributed by atoms with E-state index in [0.29, 0.717) is 16.8 Å². The predicted octanol–water partition coefficient (Wildman–Crippen LogP) is 4.09. The van der Waals surface area contributed by atoms with Crippen LogP contribution in [0.5, 0.6) is 0 Å². The maximum atomic E-state index is 12.7. The number of hydrogen-bond donors (Lipinski definition) is 2. The second-order valence-electron chi connectivity index (χ2n) is 8.36. The summed E-state index contributed by atoms with van der Waals surface area (Å²) >= 11 is 0. The molecule has 2 N–H and O–H groups in total. The molecule has 0 spiro atoms. The smallest absolute Gasteiger partial charge is 0.251 e. The number of hydrogen-bond acceptors (Lipinski definition) is 4. The van der Waals surface area contributed by atoms with Crippen LogP contribution in [-0.4, -0.2) is 33.7 Å². The fourth-order valence-electron chi connectivity index (χ4n) is 3.72. The Balaban J connectivity index is 1.63. The van der Waals surface area contributed by atoms with Gasteiger partial charge in [-0.25, -0.2) is 8.42 Å². The second-order valence-corrected chi connectivity index (χ2v) is 10.1. The van der Waals surface area contributed by atoms with Crippen LogP contribution in [0.3, 0.4) is 0 Å². The van der Waals surface area contributed by atoms with Gasteiger partial charge < -0.3 is 10.2 Å². The molecule has 0 bridgehead atoms. The van der Waals surface area contributed by atoms with Crippen LogP contribution in [0.1, 0.15) is 54.2 Å². The molecule has 1 atom stereocenters. The maximum Gasteiger partial charge on any atom is 0.251 e. The molecule has 1 fully saturated rings. The van der Waals surface area contributed by atoms with E-state index < -0.39 is 10.0 Å². The maximum absolute atomic E-state index is 12.7. The Bertz CT molecular complexity index is 995. The lowest BCUT2D eigenvalue weighted by Crippen LogP contribution is -2.32. The normalized spacial score (nSPS) is 16.2. The Kier molecular flexibility index (Phi) is 6.71. The first kappa shape index (κ1) is 22.2. The minimum absolute atomic E-state index is 0.137. The number of piperidine rings is 1. The van der Waals surface area contributed by atoms with Crippen LogP contribution in [-0.2, 0) is 10.0 Å². The Morgan fingerprint density at radius 2 is 1.73 bits per heavy atom. The molecule has 0 radical (unpaired) electrons. The first-order valence-corrected chi connectivity index (χ1v) is 12.3. The molecule has 6 nitrogen and oxygen atoms in total. The third-order valence-electron chi connectivity index (χ3n) is 5.67. The number of carbonyl (C=O) groups is 1. The van der Waals surface area contributed by atoms with Gasteiger partial charge in [0.15, 0.2) is 0 Å². The Labute approximate surface area is 179 Å². The van der Waals surface area contributed by atoms with E-state index >= 15 is 0 Å². The summed E-state index contributed by atoms with van der Waals surface area (Å²) in [6.07, 6.45) is 3.56. The third kappa shape index (κ3) is 5.75. The van der Waals surface area contributed by atoms with Gasteiger partial charge in [0, 0.05) is 24.3 Å². The van der Waals surface area contributed by atoms with Crippen molar-refractivity contribution in [2.75, 3.05) is 29.0 Å². The second kappa shape index (κ2) is 9.08. The first-order chi connectivity index (χ1) is 14.1. The van der Waals surface area contributed by atoms with Gasteiger partial charge in [-0.3, -0.25) is 9.52 Å². The Morgan fingerprint density at radius 1 is 1.10 bits per heavy atom. The molecule has 0 aliphatic carbocycles. The zero-order valence-electron chi connectivity index (χ0n) is 18.1. The topological polar surface area (TPSA) is 78.5 Å². The van der Waals surface area contributed by atoms with Crippen LogP contribution in [0, 0.1) is 12.8 Å². The summed E-state index contributed by atoms with van der Waals surface area (Å²) in [7, 11) is -3.36. The molecule has 1 unspecified atom stereocenters. The van der Waals surface area contributed by atoms with Gasteiger partial charge in [-0.2, -0.15) is 0 Å². The zero-order valence-corrected chi connectivity index (χ0v) is 18.9. The van der Waals surface area contributed by atoms with E-state index in [4.69, 9.17) is 0 Å². The van der Waals surface area contributed by atoms with E-state index in [1.165, 1.54) is 18.5 Å². The summed E-state index contributed by atoms with van der Waals surface area (Å²) in [5.74, 6) is 0.612. The van der Waals surface area contributed by atoms with E-state index in [1.807, 2.05) is 6.92 Å². The fourth-order valence-corrected chi connectivity index (χ4v) is 4.35. The lowest BCUT2D eigenvalue weighted by Gasteiger charge is -2.32. The van der Waals surface area contributed by atoms with Gasteiger partial charge in [0.1, 0.15) is 0 Å². The molecule has 2 aromatic carbocycles. The molecular formula is C23H31N3O3S. The predicted molar refractivity (Wildman–Crippen MR) is 123 cm³/mol. The van der Waals surface area contributed by atoms with Crippen LogP contribution < -0.4 is 14.9 Å².